The monoisotopic (exact) mass is 481 g/mol. The molecule has 1 saturated heterocycles. The lowest BCUT2D eigenvalue weighted by Gasteiger charge is -2.30. The van der Waals surface area contributed by atoms with Crippen molar-refractivity contribution in [2.75, 3.05) is 36.5 Å². The van der Waals surface area contributed by atoms with Crippen LogP contribution in [0.1, 0.15) is 16.2 Å². The van der Waals surface area contributed by atoms with Gasteiger partial charge in [-0.1, -0.05) is 36.4 Å². The van der Waals surface area contributed by atoms with Crippen molar-refractivity contribution in [1.82, 2.24) is 9.38 Å². The highest BCUT2D eigenvalue weighted by Crippen LogP contribution is 2.37. The Kier molecular flexibility index (Phi) is 5.26. The van der Waals surface area contributed by atoms with E-state index in [1.807, 2.05) is 64.8 Å². The number of morpholine rings is 1. The fourth-order valence-electron chi connectivity index (χ4n) is 5.03. The maximum Gasteiger partial charge on any atom is 0.270 e. The second-order valence-electron chi connectivity index (χ2n) is 8.76. The van der Waals surface area contributed by atoms with Crippen LogP contribution in [-0.2, 0) is 4.74 Å². The maximum absolute atomic E-state index is 13.8. The lowest BCUT2D eigenvalue weighted by Crippen LogP contribution is -2.37. The summed E-state index contributed by atoms with van der Waals surface area (Å²) in [5.74, 6) is 0.391. The first-order valence-corrected chi connectivity index (χ1v) is 11.7. The SMILES string of the molecule is Cc1nc2ccccc2c2c(NC(=O)c3cc([N+](=O)[O-])ccc3N3CCOCC3)c3ccccc3n12. The smallest absolute Gasteiger partial charge is 0.270 e. The van der Waals surface area contributed by atoms with Crippen LogP contribution in [0.25, 0.3) is 27.3 Å². The van der Waals surface area contributed by atoms with E-state index in [-0.39, 0.29) is 11.3 Å². The average molecular weight is 482 g/mol. The number of non-ortho nitro benzene ring substituents is 1. The quantitative estimate of drug-likeness (QED) is 0.288. The number of hydrogen-bond acceptors (Lipinski definition) is 6. The summed E-state index contributed by atoms with van der Waals surface area (Å²) in [6.07, 6.45) is 0. The molecular formula is C27H23N5O4. The van der Waals surface area contributed by atoms with E-state index in [0.29, 0.717) is 37.7 Å². The van der Waals surface area contributed by atoms with E-state index in [1.54, 1.807) is 6.07 Å². The Morgan fingerprint density at radius 1 is 1.03 bits per heavy atom. The molecule has 36 heavy (non-hydrogen) atoms. The van der Waals surface area contributed by atoms with E-state index >= 15 is 0 Å². The van der Waals surface area contributed by atoms with Gasteiger partial charge in [0.25, 0.3) is 11.6 Å². The number of carbonyl (C=O) groups excluding carboxylic acids is 1. The first kappa shape index (κ1) is 22.0. The van der Waals surface area contributed by atoms with Crippen LogP contribution in [-0.4, -0.2) is 46.5 Å². The number of hydrogen-bond donors (Lipinski definition) is 1. The first-order chi connectivity index (χ1) is 17.5. The molecular weight excluding hydrogens is 458 g/mol. The van der Waals surface area contributed by atoms with Gasteiger partial charge in [-0.05, 0) is 25.1 Å². The molecule has 1 fully saturated rings. The molecule has 5 aromatic rings. The Hall–Kier alpha value is -4.50. The first-order valence-electron chi connectivity index (χ1n) is 11.7. The third kappa shape index (κ3) is 3.52. The average Bonchev–Trinajstić information content (AvgIpc) is 3.24. The third-order valence-corrected chi connectivity index (χ3v) is 6.67. The number of fused-ring (bicyclic) bond motifs is 5. The molecule has 2 aromatic heterocycles. The zero-order valence-electron chi connectivity index (χ0n) is 19.6. The molecule has 0 aliphatic carbocycles. The predicted molar refractivity (Wildman–Crippen MR) is 139 cm³/mol. The number of amides is 1. The van der Waals surface area contributed by atoms with Crippen LogP contribution in [0.15, 0.2) is 66.7 Å². The van der Waals surface area contributed by atoms with Gasteiger partial charge in [0.2, 0.25) is 0 Å². The molecule has 0 atom stereocenters. The second-order valence-corrected chi connectivity index (χ2v) is 8.76. The summed E-state index contributed by atoms with van der Waals surface area (Å²) < 4.78 is 7.50. The highest BCUT2D eigenvalue weighted by Gasteiger charge is 2.25. The summed E-state index contributed by atoms with van der Waals surface area (Å²) in [5.41, 5.74) is 4.01. The number of nitro benzene ring substituents is 1. The highest BCUT2D eigenvalue weighted by atomic mass is 16.6. The van der Waals surface area contributed by atoms with Gasteiger partial charge in [0.1, 0.15) is 5.82 Å². The van der Waals surface area contributed by atoms with Crippen molar-refractivity contribution in [2.45, 2.75) is 6.92 Å². The number of ether oxygens (including phenoxy) is 1. The van der Waals surface area contributed by atoms with Crippen molar-refractivity contribution in [3.05, 3.63) is 88.2 Å². The Morgan fingerprint density at radius 2 is 1.75 bits per heavy atom. The van der Waals surface area contributed by atoms with Gasteiger partial charge in [0.15, 0.2) is 0 Å². The molecule has 6 rings (SSSR count). The van der Waals surface area contributed by atoms with E-state index in [1.165, 1.54) is 12.1 Å². The van der Waals surface area contributed by atoms with E-state index < -0.39 is 10.8 Å². The number of anilines is 2. The van der Waals surface area contributed by atoms with Gasteiger partial charge < -0.3 is 15.0 Å². The fraction of sp³-hybridized carbons (Fsp3) is 0.185. The van der Waals surface area contributed by atoms with Gasteiger partial charge in [-0.2, -0.15) is 0 Å². The molecule has 0 unspecified atom stereocenters. The van der Waals surface area contributed by atoms with Crippen LogP contribution >= 0.6 is 0 Å². The van der Waals surface area contributed by atoms with Crippen molar-refractivity contribution in [3.63, 3.8) is 0 Å². The van der Waals surface area contributed by atoms with Crippen LogP contribution in [0.2, 0.25) is 0 Å². The van der Waals surface area contributed by atoms with E-state index in [0.717, 1.165) is 33.1 Å². The van der Waals surface area contributed by atoms with Crippen LogP contribution in [0, 0.1) is 17.0 Å². The number of nitrogens with one attached hydrogen (secondary N) is 1. The Bertz CT molecular complexity index is 1670. The molecule has 3 aromatic carbocycles. The summed E-state index contributed by atoms with van der Waals surface area (Å²) in [7, 11) is 0. The summed E-state index contributed by atoms with van der Waals surface area (Å²) in [5, 5.41) is 16.4. The predicted octanol–water partition coefficient (Wildman–Crippen LogP) is 4.95. The number of nitrogens with zero attached hydrogens (tertiary/aromatic N) is 4. The van der Waals surface area contributed by atoms with Crippen molar-refractivity contribution in [3.8, 4) is 0 Å². The minimum atomic E-state index is -0.481. The molecule has 0 spiro atoms. The number of nitro groups is 1. The summed E-state index contributed by atoms with van der Waals surface area (Å²) in [6.45, 7) is 4.21. The minimum absolute atomic E-state index is 0.130. The largest absolute Gasteiger partial charge is 0.378 e. The molecule has 0 bridgehead atoms. The molecule has 9 heteroatoms. The van der Waals surface area contributed by atoms with Crippen LogP contribution in [0.4, 0.5) is 17.1 Å². The molecule has 1 amide bonds. The molecule has 1 N–H and O–H groups in total. The van der Waals surface area contributed by atoms with Crippen LogP contribution < -0.4 is 10.2 Å². The molecule has 3 heterocycles. The fourth-order valence-corrected chi connectivity index (χ4v) is 5.03. The van der Waals surface area contributed by atoms with E-state index in [9.17, 15) is 14.9 Å². The summed E-state index contributed by atoms with van der Waals surface area (Å²) in [6, 6.07) is 20.1. The normalized spacial score (nSPS) is 14.0. The number of carbonyl (C=O) groups is 1. The number of para-hydroxylation sites is 2. The van der Waals surface area contributed by atoms with Crippen molar-refractivity contribution in [1.29, 1.82) is 0 Å². The van der Waals surface area contributed by atoms with Crippen LogP contribution in [0.3, 0.4) is 0 Å². The van der Waals surface area contributed by atoms with Gasteiger partial charge in [-0.25, -0.2) is 4.98 Å². The number of aryl methyl sites for hydroxylation is 1. The third-order valence-electron chi connectivity index (χ3n) is 6.67. The Morgan fingerprint density at radius 3 is 2.53 bits per heavy atom. The topological polar surface area (TPSA) is 102 Å². The highest BCUT2D eigenvalue weighted by molar-refractivity contribution is 6.20. The number of aromatic nitrogens is 2. The van der Waals surface area contributed by atoms with E-state index in [4.69, 9.17) is 9.72 Å². The summed E-state index contributed by atoms with van der Waals surface area (Å²) in [4.78, 5) is 31.7. The van der Waals surface area contributed by atoms with Crippen molar-refractivity contribution < 1.29 is 14.5 Å². The molecule has 0 saturated carbocycles. The van der Waals surface area contributed by atoms with Gasteiger partial charge >= 0.3 is 0 Å². The Labute approximate surface area is 206 Å². The summed E-state index contributed by atoms with van der Waals surface area (Å²) >= 11 is 0. The standard InChI is InChI=1S/C27H23N5O4/c1-17-28-22-8-4-2-6-19(22)26-25(20-7-3-5-9-24(20)31(17)26)29-27(33)21-16-18(32(34)35)10-11-23(21)30-12-14-36-15-13-30/h2-11,16H,12-15H2,1H3,(H,29,33). The van der Waals surface area contributed by atoms with Gasteiger partial charge in [0, 0.05) is 36.0 Å². The van der Waals surface area contributed by atoms with Gasteiger partial charge in [0.05, 0.1) is 51.6 Å². The van der Waals surface area contributed by atoms with E-state index in [2.05, 4.69) is 5.32 Å². The molecule has 1 aliphatic rings. The Balaban J connectivity index is 1.55. The van der Waals surface area contributed by atoms with Gasteiger partial charge in [-0.3, -0.25) is 19.3 Å². The molecule has 1 aliphatic heterocycles. The zero-order valence-corrected chi connectivity index (χ0v) is 19.6. The zero-order chi connectivity index (χ0) is 24.8. The lowest BCUT2D eigenvalue weighted by atomic mass is 10.1. The molecule has 9 nitrogen and oxygen atoms in total. The second kappa shape index (κ2) is 8.62. The maximum atomic E-state index is 13.8. The minimum Gasteiger partial charge on any atom is -0.378 e. The van der Waals surface area contributed by atoms with Crippen molar-refractivity contribution in [2.24, 2.45) is 0 Å². The number of benzene rings is 3. The van der Waals surface area contributed by atoms with Crippen LogP contribution in [0.5, 0.6) is 0 Å². The van der Waals surface area contributed by atoms with Gasteiger partial charge in [-0.15, -0.1) is 0 Å². The lowest BCUT2D eigenvalue weighted by molar-refractivity contribution is -0.384. The van der Waals surface area contributed by atoms with Crippen molar-refractivity contribution >= 4 is 50.3 Å². The molecule has 180 valence electrons. The molecule has 0 radical (unpaired) electrons. The number of rotatable bonds is 4.